The Bertz CT molecular complexity index is 346. The van der Waals surface area contributed by atoms with Gasteiger partial charge in [-0.2, -0.15) is 11.8 Å². The molecular formula is C13H22N2O3S. The van der Waals surface area contributed by atoms with E-state index in [1.807, 2.05) is 21.6 Å². The number of thioether (sulfide) groups is 1. The SMILES string of the molecule is CC1(C(=O)O)CCN(C(=O)N2CCCSCC2)CC1. The molecule has 0 spiro atoms. The van der Waals surface area contributed by atoms with E-state index in [0.717, 1.165) is 31.0 Å². The van der Waals surface area contributed by atoms with E-state index in [0.29, 0.717) is 25.9 Å². The number of aliphatic carboxylic acids is 1. The minimum atomic E-state index is -0.745. The summed E-state index contributed by atoms with van der Waals surface area (Å²) in [5.41, 5.74) is -0.661. The van der Waals surface area contributed by atoms with E-state index in [9.17, 15) is 14.7 Å². The minimum Gasteiger partial charge on any atom is -0.481 e. The molecule has 0 unspecified atom stereocenters. The summed E-state index contributed by atoms with van der Waals surface area (Å²) in [5, 5.41) is 9.19. The molecule has 19 heavy (non-hydrogen) atoms. The maximum atomic E-state index is 12.4. The number of rotatable bonds is 1. The molecule has 2 amide bonds. The zero-order valence-corrected chi connectivity index (χ0v) is 12.2. The van der Waals surface area contributed by atoms with Crippen molar-refractivity contribution in [1.29, 1.82) is 0 Å². The third-order valence-corrected chi connectivity index (χ3v) is 5.20. The molecule has 108 valence electrons. The predicted octanol–water partition coefficient (Wildman–Crippen LogP) is 1.73. The number of piperidine rings is 1. The van der Waals surface area contributed by atoms with E-state index in [2.05, 4.69) is 0 Å². The average Bonchev–Trinajstić information content (AvgIpc) is 2.67. The van der Waals surface area contributed by atoms with E-state index >= 15 is 0 Å². The number of amides is 2. The number of nitrogens with zero attached hydrogens (tertiary/aromatic N) is 2. The lowest BCUT2D eigenvalue weighted by molar-refractivity contribution is -0.150. The zero-order chi connectivity index (χ0) is 13.9. The van der Waals surface area contributed by atoms with Crippen molar-refractivity contribution in [3.05, 3.63) is 0 Å². The largest absolute Gasteiger partial charge is 0.481 e. The smallest absolute Gasteiger partial charge is 0.320 e. The van der Waals surface area contributed by atoms with Gasteiger partial charge in [-0.3, -0.25) is 4.79 Å². The van der Waals surface area contributed by atoms with Gasteiger partial charge >= 0.3 is 12.0 Å². The molecular weight excluding hydrogens is 264 g/mol. The van der Waals surface area contributed by atoms with E-state index in [1.54, 1.807) is 6.92 Å². The zero-order valence-electron chi connectivity index (χ0n) is 11.4. The van der Waals surface area contributed by atoms with Crippen LogP contribution in [0.2, 0.25) is 0 Å². The van der Waals surface area contributed by atoms with Gasteiger partial charge in [0.15, 0.2) is 0 Å². The summed E-state index contributed by atoms with van der Waals surface area (Å²) in [6, 6.07) is 0.0925. The minimum absolute atomic E-state index is 0.0925. The van der Waals surface area contributed by atoms with E-state index in [1.165, 1.54) is 0 Å². The third kappa shape index (κ3) is 3.35. The van der Waals surface area contributed by atoms with E-state index in [4.69, 9.17) is 0 Å². The number of urea groups is 1. The van der Waals surface area contributed by atoms with Gasteiger partial charge in [0, 0.05) is 31.9 Å². The quantitative estimate of drug-likeness (QED) is 0.797. The Morgan fingerprint density at radius 2 is 1.68 bits per heavy atom. The fourth-order valence-electron chi connectivity index (χ4n) is 2.54. The van der Waals surface area contributed by atoms with Crippen LogP contribution in [0.5, 0.6) is 0 Å². The fourth-order valence-corrected chi connectivity index (χ4v) is 3.43. The van der Waals surface area contributed by atoms with Gasteiger partial charge in [-0.15, -0.1) is 0 Å². The summed E-state index contributed by atoms with van der Waals surface area (Å²) < 4.78 is 0. The average molecular weight is 286 g/mol. The second kappa shape index (κ2) is 6.03. The number of hydrogen-bond donors (Lipinski definition) is 1. The van der Waals surface area contributed by atoms with E-state index < -0.39 is 11.4 Å². The van der Waals surface area contributed by atoms with Crippen LogP contribution in [0.4, 0.5) is 4.79 Å². The molecule has 1 N–H and O–H groups in total. The lowest BCUT2D eigenvalue weighted by atomic mass is 9.80. The molecule has 6 heteroatoms. The molecule has 0 radical (unpaired) electrons. The van der Waals surface area contributed by atoms with Crippen molar-refractivity contribution in [1.82, 2.24) is 9.80 Å². The highest BCUT2D eigenvalue weighted by Gasteiger charge is 2.38. The van der Waals surface area contributed by atoms with Crippen LogP contribution in [0.1, 0.15) is 26.2 Å². The Kier molecular flexibility index (Phi) is 4.60. The molecule has 0 aromatic rings. The molecule has 2 saturated heterocycles. The van der Waals surface area contributed by atoms with Gasteiger partial charge < -0.3 is 14.9 Å². The first-order chi connectivity index (χ1) is 9.03. The summed E-state index contributed by atoms with van der Waals surface area (Å²) in [6.07, 6.45) is 2.16. The topological polar surface area (TPSA) is 60.9 Å². The second-order valence-corrected chi connectivity index (χ2v) is 6.81. The van der Waals surface area contributed by atoms with Crippen molar-refractivity contribution in [3.63, 3.8) is 0 Å². The molecule has 0 atom stereocenters. The molecule has 2 rings (SSSR count). The highest BCUT2D eigenvalue weighted by Crippen LogP contribution is 2.31. The first-order valence-electron chi connectivity index (χ1n) is 6.88. The van der Waals surface area contributed by atoms with Crippen molar-refractivity contribution in [2.45, 2.75) is 26.2 Å². The van der Waals surface area contributed by atoms with Gasteiger partial charge in [-0.1, -0.05) is 0 Å². The molecule has 0 aromatic heterocycles. The van der Waals surface area contributed by atoms with Gasteiger partial charge in [-0.05, 0) is 31.9 Å². The molecule has 5 nitrogen and oxygen atoms in total. The van der Waals surface area contributed by atoms with Gasteiger partial charge in [0.05, 0.1) is 5.41 Å². The number of likely N-dealkylation sites (tertiary alicyclic amines) is 1. The van der Waals surface area contributed by atoms with Crippen molar-refractivity contribution in [2.24, 2.45) is 5.41 Å². The Morgan fingerprint density at radius 1 is 1.05 bits per heavy atom. The lowest BCUT2D eigenvalue weighted by Gasteiger charge is -2.38. The normalized spacial score (nSPS) is 23.8. The Morgan fingerprint density at radius 3 is 2.32 bits per heavy atom. The second-order valence-electron chi connectivity index (χ2n) is 5.59. The van der Waals surface area contributed by atoms with Crippen molar-refractivity contribution < 1.29 is 14.7 Å². The van der Waals surface area contributed by atoms with Gasteiger partial charge in [0.2, 0.25) is 0 Å². The maximum absolute atomic E-state index is 12.4. The summed E-state index contributed by atoms with van der Waals surface area (Å²) in [6.45, 7) is 4.55. The molecule has 2 aliphatic rings. The molecule has 2 heterocycles. The summed E-state index contributed by atoms with van der Waals surface area (Å²) >= 11 is 1.90. The Balaban J connectivity index is 1.90. The van der Waals surface area contributed by atoms with Crippen LogP contribution in [0, 0.1) is 5.41 Å². The van der Waals surface area contributed by atoms with Crippen LogP contribution >= 0.6 is 11.8 Å². The number of hydrogen-bond acceptors (Lipinski definition) is 3. The van der Waals surface area contributed by atoms with Gasteiger partial charge in [0.1, 0.15) is 0 Å². The summed E-state index contributed by atoms with van der Waals surface area (Å²) in [5.74, 6) is 1.39. The molecule has 0 bridgehead atoms. The van der Waals surface area contributed by atoms with Gasteiger partial charge in [0.25, 0.3) is 0 Å². The fraction of sp³-hybridized carbons (Fsp3) is 0.846. The van der Waals surface area contributed by atoms with Crippen molar-refractivity contribution in [2.75, 3.05) is 37.7 Å². The first-order valence-corrected chi connectivity index (χ1v) is 8.03. The highest BCUT2D eigenvalue weighted by atomic mass is 32.2. The van der Waals surface area contributed by atoms with Crippen molar-refractivity contribution >= 4 is 23.8 Å². The van der Waals surface area contributed by atoms with E-state index in [-0.39, 0.29) is 6.03 Å². The summed E-state index contributed by atoms with van der Waals surface area (Å²) in [4.78, 5) is 27.3. The van der Waals surface area contributed by atoms with Crippen LogP contribution in [-0.2, 0) is 4.79 Å². The number of carboxylic acids is 1. The maximum Gasteiger partial charge on any atom is 0.320 e. The van der Waals surface area contributed by atoms with Crippen LogP contribution < -0.4 is 0 Å². The molecule has 2 fully saturated rings. The monoisotopic (exact) mass is 286 g/mol. The molecule has 0 aliphatic carbocycles. The Hall–Kier alpha value is -0.910. The number of carbonyl (C=O) groups is 2. The number of carbonyl (C=O) groups excluding carboxylic acids is 1. The number of carboxylic acid groups (broad SMARTS) is 1. The Labute approximate surface area is 118 Å². The molecule has 0 saturated carbocycles. The predicted molar refractivity (Wildman–Crippen MR) is 75.5 cm³/mol. The van der Waals surface area contributed by atoms with Gasteiger partial charge in [-0.25, -0.2) is 4.79 Å². The van der Waals surface area contributed by atoms with Crippen LogP contribution in [-0.4, -0.2) is 64.6 Å². The summed E-state index contributed by atoms with van der Waals surface area (Å²) in [7, 11) is 0. The van der Waals surface area contributed by atoms with Crippen molar-refractivity contribution in [3.8, 4) is 0 Å². The third-order valence-electron chi connectivity index (χ3n) is 4.15. The van der Waals surface area contributed by atoms with Crippen LogP contribution in [0.3, 0.4) is 0 Å². The molecule has 2 aliphatic heterocycles. The lowest BCUT2D eigenvalue weighted by Crippen LogP contribution is -2.50. The molecule has 0 aromatic carbocycles. The standard InChI is InChI=1S/C13H22N2O3S/c1-13(11(16)17)3-6-15(7-4-13)12(18)14-5-2-9-19-10-8-14/h2-10H2,1H3,(H,16,17). The van der Waals surface area contributed by atoms with Crippen LogP contribution in [0.15, 0.2) is 0 Å². The highest BCUT2D eigenvalue weighted by molar-refractivity contribution is 7.99. The van der Waals surface area contributed by atoms with Crippen LogP contribution in [0.25, 0.3) is 0 Å². The first kappa shape index (κ1) is 14.5.